The molecule has 7 nitrogen and oxygen atoms in total. The molecule has 0 saturated carbocycles. The fraction of sp³-hybridized carbons (Fsp3) is 0.429. The summed E-state index contributed by atoms with van der Waals surface area (Å²) in [7, 11) is 0. The van der Waals surface area contributed by atoms with Crippen molar-refractivity contribution < 1.29 is 9.63 Å². The van der Waals surface area contributed by atoms with Crippen molar-refractivity contribution in [2.75, 3.05) is 11.4 Å². The van der Waals surface area contributed by atoms with Gasteiger partial charge in [0.05, 0.1) is 11.5 Å². The van der Waals surface area contributed by atoms with Crippen LogP contribution in [-0.2, 0) is 0 Å². The molecular weight excluding hydrogens is 302 g/mol. The number of aryl methyl sites for hydroxylation is 2. The summed E-state index contributed by atoms with van der Waals surface area (Å²) in [4.78, 5) is 17.2. The maximum atomic E-state index is 10.1. The maximum absolute atomic E-state index is 10.1. The zero-order chi connectivity index (χ0) is 15.3. The number of hydrogen-bond acceptors (Lipinski definition) is 8. The van der Waals surface area contributed by atoms with Crippen LogP contribution in [0.15, 0.2) is 16.9 Å². The van der Waals surface area contributed by atoms with Crippen LogP contribution in [0.3, 0.4) is 0 Å². The number of β-amino-alcohol motifs (C(OH)–C–C–N with tert-alkyl or cyclic N) is 1. The molecule has 0 spiro atoms. The second-order valence-electron chi connectivity index (χ2n) is 5.51. The lowest BCUT2D eigenvalue weighted by Gasteiger charge is -2.23. The predicted octanol–water partition coefficient (Wildman–Crippen LogP) is 2.00. The van der Waals surface area contributed by atoms with E-state index in [1.54, 1.807) is 24.6 Å². The average Bonchev–Trinajstić information content (AvgIpc) is 3.15. The largest absolute Gasteiger partial charge is 0.391 e. The number of nitrogens with zero attached hydrogens (tertiary/aromatic N) is 5. The van der Waals surface area contributed by atoms with Crippen LogP contribution in [0.4, 0.5) is 5.82 Å². The first-order valence-corrected chi connectivity index (χ1v) is 7.89. The molecule has 8 heteroatoms. The third-order valence-electron chi connectivity index (χ3n) is 3.81. The first kappa shape index (κ1) is 13.6. The van der Waals surface area contributed by atoms with Crippen molar-refractivity contribution in [2.24, 2.45) is 0 Å². The molecule has 0 aromatic carbocycles. The van der Waals surface area contributed by atoms with Gasteiger partial charge < -0.3 is 14.5 Å². The van der Waals surface area contributed by atoms with E-state index in [1.165, 1.54) is 4.88 Å². The third-order valence-corrected chi connectivity index (χ3v) is 4.77. The second-order valence-corrected chi connectivity index (χ2v) is 6.75. The summed E-state index contributed by atoms with van der Waals surface area (Å²) in [5, 5.41) is 15.0. The van der Waals surface area contributed by atoms with E-state index < -0.39 is 6.10 Å². The molecule has 1 saturated heterocycles. The minimum absolute atomic E-state index is 0.158. The number of rotatable bonds is 2. The number of aliphatic hydroxyl groups is 1. The first-order chi connectivity index (χ1) is 10.6. The molecule has 0 unspecified atom stereocenters. The molecule has 0 amide bonds. The summed E-state index contributed by atoms with van der Waals surface area (Å²) in [5.41, 5.74) is 0. The van der Waals surface area contributed by atoms with Crippen molar-refractivity contribution in [3.05, 3.63) is 29.0 Å². The molecule has 114 valence electrons. The van der Waals surface area contributed by atoms with Crippen LogP contribution in [-0.4, -0.2) is 37.9 Å². The van der Waals surface area contributed by atoms with Gasteiger partial charge in [0, 0.05) is 17.8 Å². The number of hydrogen-bond donors (Lipinski definition) is 1. The number of thiophene rings is 1. The SMILES string of the molecule is Cc1noc([C@H]2C[C@@H](O)CN2c2ncnc3sc(C)cc23)n1. The molecule has 1 aliphatic heterocycles. The first-order valence-electron chi connectivity index (χ1n) is 7.08. The maximum Gasteiger partial charge on any atom is 0.249 e. The van der Waals surface area contributed by atoms with Gasteiger partial charge in [0.2, 0.25) is 5.89 Å². The summed E-state index contributed by atoms with van der Waals surface area (Å²) in [5.74, 6) is 1.93. The Balaban J connectivity index is 1.81. The predicted molar refractivity (Wildman–Crippen MR) is 81.9 cm³/mol. The highest BCUT2D eigenvalue weighted by atomic mass is 32.1. The van der Waals surface area contributed by atoms with E-state index in [0.29, 0.717) is 24.7 Å². The fourth-order valence-electron chi connectivity index (χ4n) is 2.92. The molecule has 3 aromatic rings. The van der Waals surface area contributed by atoms with Crippen molar-refractivity contribution in [1.82, 2.24) is 20.1 Å². The van der Waals surface area contributed by atoms with Crippen molar-refractivity contribution in [1.29, 1.82) is 0 Å². The normalized spacial score (nSPS) is 21.9. The van der Waals surface area contributed by atoms with Gasteiger partial charge >= 0.3 is 0 Å². The number of aromatic nitrogens is 4. The summed E-state index contributed by atoms with van der Waals surface area (Å²) < 4.78 is 5.31. The van der Waals surface area contributed by atoms with E-state index in [0.717, 1.165) is 16.0 Å². The van der Waals surface area contributed by atoms with Crippen molar-refractivity contribution in [3.8, 4) is 0 Å². The molecule has 0 radical (unpaired) electrons. The van der Waals surface area contributed by atoms with Crippen LogP contribution in [0, 0.1) is 13.8 Å². The van der Waals surface area contributed by atoms with Crippen LogP contribution in [0.5, 0.6) is 0 Å². The molecule has 2 atom stereocenters. The van der Waals surface area contributed by atoms with Gasteiger partial charge in [-0.2, -0.15) is 4.98 Å². The topological polar surface area (TPSA) is 88.2 Å². The lowest BCUT2D eigenvalue weighted by atomic mass is 10.2. The molecule has 4 heterocycles. The molecule has 0 aliphatic carbocycles. The zero-order valence-corrected chi connectivity index (χ0v) is 13.0. The fourth-order valence-corrected chi connectivity index (χ4v) is 3.76. The number of aliphatic hydroxyl groups excluding tert-OH is 1. The highest BCUT2D eigenvalue weighted by Crippen LogP contribution is 2.38. The summed E-state index contributed by atoms with van der Waals surface area (Å²) in [6, 6.07) is 1.92. The van der Waals surface area contributed by atoms with E-state index in [2.05, 4.69) is 26.2 Å². The quantitative estimate of drug-likeness (QED) is 0.773. The van der Waals surface area contributed by atoms with Crippen molar-refractivity contribution >= 4 is 27.4 Å². The Morgan fingerprint density at radius 1 is 1.36 bits per heavy atom. The third kappa shape index (κ3) is 2.15. The minimum atomic E-state index is -0.443. The molecule has 1 aliphatic rings. The van der Waals surface area contributed by atoms with E-state index in [4.69, 9.17) is 4.52 Å². The highest BCUT2D eigenvalue weighted by Gasteiger charge is 2.37. The Kier molecular flexibility index (Phi) is 3.08. The molecule has 1 N–H and O–H groups in total. The Morgan fingerprint density at radius 3 is 3.00 bits per heavy atom. The summed E-state index contributed by atoms with van der Waals surface area (Å²) in [6.45, 7) is 4.33. The molecular formula is C14H15N5O2S. The monoisotopic (exact) mass is 317 g/mol. The van der Waals surface area contributed by atoms with Gasteiger partial charge in [0.25, 0.3) is 0 Å². The lowest BCUT2D eigenvalue weighted by Crippen LogP contribution is -2.25. The van der Waals surface area contributed by atoms with Crippen LogP contribution >= 0.6 is 11.3 Å². The molecule has 4 rings (SSSR count). The van der Waals surface area contributed by atoms with Crippen LogP contribution < -0.4 is 4.90 Å². The number of fused-ring (bicyclic) bond motifs is 1. The van der Waals surface area contributed by atoms with Crippen LogP contribution in [0.1, 0.15) is 29.1 Å². The van der Waals surface area contributed by atoms with Gasteiger partial charge in [0.1, 0.15) is 23.0 Å². The second kappa shape index (κ2) is 4.99. The Labute approximate surface area is 130 Å². The summed E-state index contributed by atoms with van der Waals surface area (Å²) in [6.07, 6.45) is 1.67. The van der Waals surface area contributed by atoms with Crippen molar-refractivity contribution in [3.63, 3.8) is 0 Å². The smallest absolute Gasteiger partial charge is 0.249 e. The average molecular weight is 317 g/mol. The minimum Gasteiger partial charge on any atom is -0.391 e. The van der Waals surface area contributed by atoms with Gasteiger partial charge in [-0.3, -0.25) is 0 Å². The molecule has 3 aromatic heterocycles. The van der Waals surface area contributed by atoms with Crippen molar-refractivity contribution in [2.45, 2.75) is 32.4 Å². The van der Waals surface area contributed by atoms with Gasteiger partial charge in [-0.15, -0.1) is 11.3 Å². The standard InChI is InChI=1S/C14H15N5O2S/c1-7-3-10-12(15-6-16-14(10)22-7)19-5-9(20)4-11(19)13-17-8(2)18-21-13/h3,6,9,11,20H,4-5H2,1-2H3/t9-,11-/m1/s1. The van der Waals surface area contributed by atoms with E-state index in [9.17, 15) is 5.11 Å². The van der Waals surface area contributed by atoms with Crippen LogP contribution in [0.25, 0.3) is 10.2 Å². The van der Waals surface area contributed by atoms with E-state index in [-0.39, 0.29) is 6.04 Å². The van der Waals surface area contributed by atoms with E-state index in [1.807, 2.05) is 11.8 Å². The Bertz CT molecular complexity index is 830. The number of anilines is 1. The summed E-state index contributed by atoms with van der Waals surface area (Å²) >= 11 is 1.64. The lowest BCUT2D eigenvalue weighted by molar-refractivity contribution is 0.191. The van der Waals surface area contributed by atoms with E-state index >= 15 is 0 Å². The van der Waals surface area contributed by atoms with Gasteiger partial charge in [0.15, 0.2) is 5.82 Å². The molecule has 22 heavy (non-hydrogen) atoms. The zero-order valence-electron chi connectivity index (χ0n) is 12.2. The molecule has 1 fully saturated rings. The Hall–Kier alpha value is -2.06. The molecule has 0 bridgehead atoms. The van der Waals surface area contributed by atoms with Gasteiger partial charge in [-0.25, -0.2) is 9.97 Å². The van der Waals surface area contributed by atoms with Crippen LogP contribution in [0.2, 0.25) is 0 Å². The van der Waals surface area contributed by atoms with Gasteiger partial charge in [-0.05, 0) is 19.9 Å². The highest BCUT2D eigenvalue weighted by molar-refractivity contribution is 7.18. The van der Waals surface area contributed by atoms with Gasteiger partial charge in [-0.1, -0.05) is 5.16 Å². The Morgan fingerprint density at radius 2 is 2.23 bits per heavy atom.